The van der Waals surface area contributed by atoms with Crippen LogP contribution in [0.3, 0.4) is 0 Å². The van der Waals surface area contributed by atoms with Crippen molar-refractivity contribution >= 4 is 0 Å². The van der Waals surface area contributed by atoms with Crippen molar-refractivity contribution in [3.63, 3.8) is 0 Å². The lowest BCUT2D eigenvalue weighted by molar-refractivity contribution is 0.209. The second-order valence-corrected chi connectivity index (χ2v) is 9.60. The van der Waals surface area contributed by atoms with E-state index in [0.717, 1.165) is 35.8 Å². The number of ether oxygens (including phenoxy) is 1. The monoisotopic (exact) mass is 385 g/mol. The fourth-order valence-corrected chi connectivity index (χ4v) is 5.66. The van der Waals surface area contributed by atoms with Crippen molar-refractivity contribution in [1.82, 2.24) is 4.98 Å². The van der Waals surface area contributed by atoms with Crippen LogP contribution in [0.15, 0.2) is 18.3 Å². The van der Waals surface area contributed by atoms with Crippen molar-refractivity contribution in [2.24, 2.45) is 23.7 Å². The number of hydrogen-bond donors (Lipinski definition) is 0. The number of aromatic nitrogens is 1. The molecule has 2 saturated carbocycles. The smallest absolute Gasteiger partial charge is 0.137 e. The molecule has 2 heteroatoms. The molecule has 1 heterocycles. The molecule has 0 amide bonds. The minimum atomic E-state index is 0.713. The van der Waals surface area contributed by atoms with Crippen LogP contribution in [0, 0.1) is 23.7 Å². The average molecular weight is 386 g/mol. The van der Waals surface area contributed by atoms with Crippen LogP contribution in [0.5, 0.6) is 5.75 Å². The highest BCUT2D eigenvalue weighted by Crippen LogP contribution is 2.38. The van der Waals surface area contributed by atoms with E-state index in [-0.39, 0.29) is 0 Å². The van der Waals surface area contributed by atoms with Gasteiger partial charge in [0.1, 0.15) is 5.75 Å². The third-order valence-corrected chi connectivity index (χ3v) is 7.53. The van der Waals surface area contributed by atoms with Gasteiger partial charge in [-0.15, -0.1) is 0 Å². The second kappa shape index (κ2) is 11.8. The topological polar surface area (TPSA) is 22.1 Å². The first-order valence-electron chi connectivity index (χ1n) is 12.3. The highest BCUT2D eigenvalue weighted by Gasteiger charge is 2.24. The van der Waals surface area contributed by atoms with E-state index in [0.29, 0.717) is 6.61 Å². The van der Waals surface area contributed by atoms with Gasteiger partial charge in [-0.05, 0) is 55.6 Å². The van der Waals surface area contributed by atoms with Crippen LogP contribution in [-0.4, -0.2) is 11.6 Å². The molecule has 0 atom stereocenters. The lowest BCUT2D eigenvalue weighted by Gasteiger charge is -2.32. The van der Waals surface area contributed by atoms with E-state index in [4.69, 9.17) is 4.74 Å². The molecule has 0 radical (unpaired) electrons. The van der Waals surface area contributed by atoms with Crippen LogP contribution in [0.2, 0.25) is 0 Å². The first kappa shape index (κ1) is 21.7. The van der Waals surface area contributed by atoms with Gasteiger partial charge in [-0.1, -0.05) is 84.0 Å². The van der Waals surface area contributed by atoms with Gasteiger partial charge in [0.25, 0.3) is 0 Å². The van der Waals surface area contributed by atoms with Gasteiger partial charge in [-0.3, -0.25) is 4.98 Å². The molecule has 2 aliphatic rings. The summed E-state index contributed by atoms with van der Waals surface area (Å²) in [6.45, 7) is 5.07. The summed E-state index contributed by atoms with van der Waals surface area (Å²) in [6.07, 6.45) is 22.1. The van der Waals surface area contributed by atoms with Crippen molar-refractivity contribution < 1.29 is 4.74 Å². The molecule has 3 rings (SSSR count). The molecule has 2 aliphatic carbocycles. The normalized spacial score (nSPS) is 28.2. The molecule has 1 aromatic rings. The molecule has 28 heavy (non-hydrogen) atoms. The van der Waals surface area contributed by atoms with Crippen LogP contribution in [-0.2, 0) is 6.42 Å². The van der Waals surface area contributed by atoms with Gasteiger partial charge in [0.15, 0.2) is 0 Å². The van der Waals surface area contributed by atoms with Gasteiger partial charge >= 0.3 is 0 Å². The SMILES string of the molecule is CCCC1CCC(CCC2CCC(CCc3ccc(OCC)cn3)CC2)CC1. The zero-order valence-corrected chi connectivity index (χ0v) is 18.5. The van der Waals surface area contributed by atoms with E-state index in [1.165, 1.54) is 89.2 Å². The third-order valence-electron chi connectivity index (χ3n) is 7.53. The average Bonchev–Trinajstić information content (AvgIpc) is 2.74. The fraction of sp³-hybridized carbons (Fsp3) is 0.808. The molecule has 0 bridgehead atoms. The molecule has 0 aliphatic heterocycles. The number of hydrogen-bond acceptors (Lipinski definition) is 2. The van der Waals surface area contributed by atoms with Gasteiger partial charge in [-0.2, -0.15) is 0 Å². The summed E-state index contributed by atoms with van der Waals surface area (Å²) >= 11 is 0. The Morgan fingerprint density at radius 3 is 1.75 bits per heavy atom. The second-order valence-electron chi connectivity index (χ2n) is 9.60. The third kappa shape index (κ3) is 7.08. The predicted molar refractivity (Wildman–Crippen MR) is 119 cm³/mol. The van der Waals surface area contributed by atoms with Gasteiger partial charge in [-0.25, -0.2) is 0 Å². The zero-order chi connectivity index (χ0) is 19.6. The fourth-order valence-electron chi connectivity index (χ4n) is 5.66. The Kier molecular flexibility index (Phi) is 9.15. The highest BCUT2D eigenvalue weighted by atomic mass is 16.5. The molecule has 1 aromatic heterocycles. The van der Waals surface area contributed by atoms with E-state index < -0.39 is 0 Å². The minimum Gasteiger partial charge on any atom is -0.492 e. The molecule has 158 valence electrons. The van der Waals surface area contributed by atoms with Gasteiger partial charge in [0.2, 0.25) is 0 Å². The predicted octanol–water partition coefficient (Wildman–Crippen LogP) is 7.61. The molecule has 2 fully saturated rings. The summed E-state index contributed by atoms with van der Waals surface area (Å²) in [4.78, 5) is 4.57. The lowest BCUT2D eigenvalue weighted by atomic mass is 9.74. The van der Waals surface area contributed by atoms with Crippen LogP contribution in [0.25, 0.3) is 0 Å². The summed E-state index contributed by atoms with van der Waals surface area (Å²) in [5.41, 5.74) is 1.23. The van der Waals surface area contributed by atoms with E-state index in [1.807, 2.05) is 13.1 Å². The summed E-state index contributed by atoms with van der Waals surface area (Å²) in [7, 11) is 0. The van der Waals surface area contributed by atoms with Crippen LogP contribution >= 0.6 is 0 Å². The first-order valence-corrected chi connectivity index (χ1v) is 12.3. The lowest BCUT2D eigenvalue weighted by Crippen LogP contribution is -2.18. The number of nitrogens with zero attached hydrogens (tertiary/aromatic N) is 1. The Labute approximate surface area is 173 Å². The van der Waals surface area contributed by atoms with E-state index >= 15 is 0 Å². The Hall–Kier alpha value is -1.05. The molecule has 2 nitrogen and oxygen atoms in total. The Balaban J connectivity index is 1.27. The summed E-state index contributed by atoms with van der Waals surface area (Å²) < 4.78 is 5.49. The van der Waals surface area contributed by atoms with Crippen molar-refractivity contribution in [3.05, 3.63) is 24.0 Å². The zero-order valence-electron chi connectivity index (χ0n) is 18.5. The van der Waals surface area contributed by atoms with Gasteiger partial charge in [0, 0.05) is 5.69 Å². The minimum absolute atomic E-state index is 0.713. The number of pyridine rings is 1. The maximum absolute atomic E-state index is 5.49. The maximum atomic E-state index is 5.49. The van der Waals surface area contributed by atoms with Crippen molar-refractivity contribution in [2.45, 2.75) is 104 Å². The molecule has 0 aromatic carbocycles. The van der Waals surface area contributed by atoms with Crippen LogP contribution in [0.4, 0.5) is 0 Å². The van der Waals surface area contributed by atoms with Crippen molar-refractivity contribution in [1.29, 1.82) is 0 Å². The maximum Gasteiger partial charge on any atom is 0.137 e. The van der Waals surface area contributed by atoms with Crippen molar-refractivity contribution in [3.8, 4) is 5.75 Å². The number of rotatable bonds is 10. The molecular weight excluding hydrogens is 342 g/mol. The van der Waals surface area contributed by atoms with Crippen molar-refractivity contribution in [2.75, 3.05) is 6.61 Å². The molecule has 0 unspecified atom stereocenters. The van der Waals surface area contributed by atoms with E-state index in [2.05, 4.69) is 24.0 Å². The van der Waals surface area contributed by atoms with E-state index in [9.17, 15) is 0 Å². The molecule has 0 spiro atoms. The largest absolute Gasteiger partial charge is 0.492 e. The molecule has 0 saturated heterocycles. The summed E-state index contributed by atoms with van der Waals surface area (Å²) in [6, 6.07) is 4.21. The Bertz CT molecular complexity index is 524. The summed E-state index contributed by atoms with van der Waals surface area (Å²) in [5.74, 6) is 4.95. The van der Waals surface area contributed by atoms with E-state index in [1.54, 1.807) is 0 Å². The summed E-state index contributed by atoms with van der Waals surface area (Å²) in [5, 5.41) is 0. The standard InChI is InChI=1S/C26H43NO/c1-3-5-21-6-8-22(9-7-21)10-11-23-12-14-24(15-13-23)16-17-25-18-19-26(20-27-25)28-4-2/h18-24H,3-17H2,1-2H3. The van der Waals surface area contributed by atoms with Gasteiger partial charge in [0.05, 0.1) is 12.8 Å². The quantitative estimate of drug-likeness (QED) is 0.413. The highest BCUT2D eigenvalue weighted by molar-refractivity contribution is 5.19. The van der Waals surface area contributed by atoms with Crippen LogP contribution in [0.1, 0.15) is 103 Å². The Morgan fingerprint density at radius 1 is 0.750 bits per heavy atom. The number of aryl methyl sites for hydroxylation is 1. The van der Waals surface area contributed by atoms with Crippen LogP contribution < -0.4 is 4.74 Å². The first-order chi connectivity index (χ1) is 13.8. The Morgan fingerprint density at radius 2 is 1.29 bits per heavy atom. The molecular formula is C26H43NO. The van der Waals surface area contributed by atoms with Gasteiger partial charge < -0.3 is 4.74 Å². The molecule has 0 N–H and O–H groups in total.